The van der Waals surface area contributed by atoms with E-state index in [0.717, 1.165) is 37.4 Å². The van der Waals surface area contributed by atoms with Gasteiger partial charge in [-0.1, -0.05) is 18.6 Å². The predicted octanol–water partition coefficient (Wildman–Crippen LogP) is 2.65. The Morgan fingerprint density at radius 2 is 2.00 bits per heavy atom. The van der Waals surface area contributed by atoms with Crippen molar-refractivity contribution in [3.8, 4) is 0 Å². The number of thioether (sulfide) groups is 1. The first-order valence-electron chi connectivity index (χ1n) is 9.71. The van der Waals surface area contributed by atoms with Crippen molar-refractivity contribution in [3.63, 3.8) is 0 Å². The molecule has 150 valence electrons. The summed E-state index contributed by atoms with van der Waals surface area (Å²) < 4.78 is 12.0. The molecule has 0 radical (unpaired) electrons. The van der Waals surface area contributed by atoms with Crippen LogP contribution >= 0.6 is 11.8 Å². The Kier molecular flexibility index (Phi) is 4.86. The third kappa shape index (κ3) is 3.12. The van der Waals surface area contributed by atoms with E-state index >= 15 is 0 Å². The molecule has 3 N–H and O–H groups in total. The Labute approximate surface area is 163 Å². The van der Waals surface area contributed by atoms with Crippen molar-refractivity contribution in [3.05, 3.63) is 22.3 Å². The monoisotopic (exact) mass is 396 g/mol. The van der Waals surface area contributed by atoms with Crippen molar-refractivity contribution in [1.82, 2.24) is 0 Å². The van der Waals surface area contributed by atoms with Gasteiger partial charge in [0.2, 0.25) is 6.29 Å². The summed E-state index contributed by atoms with van der Waals surface area (Å²) in [7, 11) is 0. The van der Waals surface area contributed by atoms with Crippen molar-refractivity contribution < 1.29 is 29.6 Å². The van der Waals surface area contributed by atoms with E-state index in [1.165, 1.54) is 5.57 Å². The van der Waals surface area contributed by atoms with Gasteiger partial charge in [-0.05, 0) is 51.4 Å². The summed E-state index contributed by atoms with van der Waals surface area (Å²) in [4.78, 5) is 12.2. The maximum Gasteiger partial charge on any atom is 0.345 e. The number of allylic oxidation sites excluding steroid dienone is 3. The van der Waals surface area contributed by atoms with Gasteiger partial charge in [0.1, 0.15) is 28.1 Å². The molecule has 2 bridgehead atoms. The van der Waals surface area contributed by atoms with E-state index < -0.39 is 35.8 Å². The SMILES string of the molecule is CC1=CCC2(C3=C(C(=O)O)SC4C(O3)OC(C)C(O)C4O)CC(C)CC1C2. The zero-order valence-electron chi connectivity index (χ0n) is 15.9. The van der Waals surface area contributed by atoms with Crippen molar-refractivity contribution >= 4 is 17.7 Å². The molecule has 0 aromatic rings. The summed E-state index contributed by atoms with van der Waals surface area (Å²) in [6.07, 6.45) is 2.43. The first kappa shape index (κ1) is 19.3. The van der Waals surface area contributed by atoms with Crippen LogP contribution in [0.2, 0.25) is 0 Å². The fourth-order valence-corrected chi connectivity index (χ4v) is 6.56. The van der Waals surface area contributed by atoms with Crippen molar-refractivity contribution in [2.45, 2.75) is 76.3 Å². The van der Waals surface area contributed by atoms with Crippen LogP contribution in [0, 0.1) is 17.3 Å². The first-order valence-corrected chi connectivity index (χ1v) is 10.6. The summed E-state index contributed by atoms with van der Waals surface area (Å²) in [5, 5.41) is 29.8. The lowest BCUT2D eigenvalue weighted by atomic mass is 9.59. The van der Waals surface area contributed by atoms with E-state index in [1.54, 1.807) is 6.92 Å². The Hall–Kier alpha value is -1.02. The lowest BCUT2D eigenvalue weighted by Gasteiger charge is -2.51. The average molecular weight is 397 g/mol. The molecule has 6 nitrogen and oxygen atoms in total. The van der Waals surface area contributed by atoms with Crippen LogP contribution in [0.5, 0.6) is 0 Å². The van der Waals surface area contributed by atoms with Crippen molar-refractivity contribution in [2.75, 3.05) is 0 Å². The Balaban J connectivity index is 1.75. The largest absolute Gasteiger partial charge is 0.477 e. The van der Waals surface area contributed by atoms with Gasteiger partial charge in [-0.25, -0.2) is 4.79 Å². The van der Waals surface area contributed by atoms with Crippen LogP contribution in [0.1, 0.15) is 46.5 Å². The summed E-state index contributed by atoms with van der Waals surface area (Å²) in [6.45, 7) is 6.08. The molecule has 1 saturated carbocycles. The molecule has 4 aliphatic rings. The second-order valence-corrected chi connectivity index (χ2v) is 9.92. The number of carbonyl (C=O) groups is 1. The standard InChI is InChI=1S/C20H28O6S/c1-9-6-12-8-20(7-9,5-4-10(12)2)17-16(18(23)24)27-15-14(22)13(21)11(3)25-19(15)26-17/h4,9,11-15,19,21-22H,5-8H2,1-3H3,(H,23,24). The van der Waals surface area contributed by atoms with Gasteiger partial charge in [-0.15, -0.1) is 11.8 Å². The first-order chi connectivity index (χ1) is 12.7. The van der Waals surface area contributed by atoms with Gasteiger partial charge in [0.05, 0.1) is 6.10 Å². The quantitative estimate of drug-likeness (QED) is 0.618. The molecule has 8 atom stereocenters. The van der Waals surface area contributed by atoms with E-state index in [9.17, 15) is 20.1 Å². The molecule has 7 heteroatoms. The summed E-state index contributed by atoms with van der Waals surface area (Å²) in [5.41, 5.74) is 1.05. The third-order valence-electron chi connectivity index (χ3n) is 6.68. The van der Waals surface area contributed by atoms with Gasteiger partial charge in [0.25, 0.3) is 0 Å². The molecule has 0 aromatic carbocycles. The Morgan fingerprint density at radius 1 is 1.26 bits per heavy atom. The fourth-order valence-electron chi connectivity index (χ4n) is 5.28. The number of aliphatic hydroxyl groups excluding tert-OH is 2. The van der Waals surface area contributed by atoms with Crippen LogP contribution in [0.4, 0.5) is 0 Å². The molecule has 2 fully saturated rings. The summed E-state index contributed by atoms with van der Waals surface area (Å²) in [6, 6.07) is 0. The molecular weight excluding hydrogens is 368 g/mol. The zero-order valence-corrected chi connectivity index (χ0v) is 16.7. The Bertz CT molecular complexity index is 703. The molecule has 2 aliphatic carbocycles. The van der Waals surface area contributed by atoms with Gasteiger partial charge < -0.3 is 24.8 Å². The molecular formula is C20H28O6S. The van der Waals surface area contributed by atoms with E-state index in [1.807, 2.05) is 0 Å². The maximum absolute atomic E-state index is 12.1. The smallest absolute Gasteiger partial charge is 0.345 e. The number of hydrogen-bond donors (Lipinski definition) is 3. The molecule has 2 heterocycles. The highest BCUT2D eigenvalue weighted by molar-refractivity contribution is 8.04. The minimum Gasteiger partial charge on any atom is -0.477 e. The highest BCUT2D eigenvalue weighted by Crippen LogP contribution is 2.58. The molecule has 4 rings (SSSR count). The number of carboxylic acid groups (broad SMARTS) is 1. The van der Waals surface area contributed by atoms with Crippen LogP contribution in [-0.2, 0) is 14.3 Å². The summed E-state index contributed by atoms with van der Waals surface area (Å²) in [5.74, 6) is 0.413. The second-order valence-electron chi connectivity index (χ2n) is 8.73. The maximum atomic E-state index is 12.1. The van der Waals surface area contributed by atoms with Crippen LogP contribution in [-0.4, -0.2) is 51.1 Å². The topological polar surface area (TPSA) is 96.2 Å². The summed E-state index contributed by atoms with van der Waals surface area (Å²) >= 11 is 1.08. The van der Waals surface area contributed by atoms with Gasteiger partial charge in [0, 0.05) is 5.41 Å². The molecule has 0 aromatic heterocycles. The molecule has 1 saturated heterocycles. The number of carboxylic acids is 1. The zero-order chi connectivity index (χ0) is 19.5. The molecule has 0 spiro atoms. The van der Waals surface area contributed by atoms with Crippen LogP contribution in [0.15, 0.2) is 22.3 Å². The normalized spacial score (nSPS) is 47.0. The van der Waals surface area contributed by atoms with Crippen molar-refractivity contribution in [1.29, 1.82) is 0 Å². The van der Waals surface area contributed by atoms with E-state index in [-0.39, 0.29) is 10.3 Å². The predicted molar refractivity (Wildman–Crippen MR) is 101 cm³/mol. The van der Waals surface area contributed by atoms with Gasteiger partial charge >= 0.3 is 5.97 Å². The fraction of sp³-hybridized carbons (Fsp3) is 0.750. The second kappa shape index (κ2) is 6.79. The molecule has 8 unspecified atom stereocenters. The van der Waals surface area contributed by atoms with Crippen LogP contribution < -0.4 is 0 Å². The number of hydrogen-bond acceptors (Lipinski definition) is 6. The van der Waals surface area contributed by atoms with E-state index in [0.29, 0.717) is 17.6 Å². The van der Waals surface area contributed by atoms with E-state index in [4.69, 9.17) is 9.47 Å². The molecule has 0 amide bonds. The Morgan fingerprint density at radius 3 is 2.70 bits per heavy atom. The highest BCUT2D eigenvalue weighted by Gasteiger charge is 2.54. The van der Waals surface area contributed by atoms with E-state index in [2.05, 4.69) is 19.9 Å². The van der Waals surface area contributed by atoms with Crippen LogP contribution in [0.25, 0.3) is 0 Å². The highest BCUT2D eigenvalue weighted by atomic mass is 32.2. The van der Waals surface area contributed by atoms with Gasteiger partial charge in [-0.2, -0.15) is 0 Å². The number of aliphatic carboxylic acids is 1. The number of ether oxygens (including phenoxy) is 2. The average Bonchev–Trinajstić information content (AvgIpc) is 2.62. The minimum atomic E-state index is -1.09. The molecule has 2 aliphatic heterocycles. The number of aliphatic hydroxyl groups is 2. The van der Waals surface area contributed by atoms with Gasteiger partial charge in [0.15, 0.2) is 0 Å². The van der Waals surface area contributed by atoms with Crippen LogP contribution in [0.3, 0.4) is 0 Å². The van der Waals surface area contributed by atoms with Gasteiger partial charge in [-0.3, -0.25) is 0 Å². The lowest BCUT2D eigenvalue weighted by Crippen LogP contribution is -2.58. The number of rotatable bonds is 2. The third-order valence-corrected chi connectivity index (χ3v) is 8.05. The lowest BCUT2D eigenvalue weighted by molar-refractivity contribution is -0.236. The molecule has 27 heavy (non-hydrogen) atoms. The van der Waals surface area contributed by atoms with Crippen molar-refractivity contribution in [2.24, 2.45) is 17.3 Å². The number of fused-ring (bicyclic) bond motifs is 3. The minimum absolute atomic E-state index is 0.154.